The van der Waals surface area contributed by atoms with Crippen LogP contribution in [0.2, 0.25) is 0 Å². The summed E-state index contributed by atoms with van der Waals surface area (Å²) in [6, 6.07) is 14.5. The van der Waals surface area contributed by atoms with Gasteiger partial charge in [-0.3, -0.25) is 9.69 Å². The summed E-state index contributed by atoms with van der Waals surface area (Å²) in [6.07, 6.45) is 3.82. The second-order valence-corrected chi connectivity index (χ2v) is 9.15. The van der Waals surface area contributed by atoms with E-state index < -0.39 is 0 Å². The fraction of sp³-hybridized carbons (Fsp3) is 0.435. The standard InChI is InChI=1S/C23H27N5OS/c29-22(27-14-12-26(13-15-27)16-18-6-2-1-3-7-18)19-8-5-11-28(17-19)23-25-20-9-4-10-24-21(20)30-23/h1-4,6-7,9-10,19H,5,8,11-17H2. The summed E-state index contributed by atoms with van der Waals surface area (Å²) in [5.74, 6) is 0.387. The highest BCUT2D eigenvalue weighted by Crippen LogP contribution is 2.31. The molecule has 1 atom stereocenters. The quantitative estimate of drug-likeness (QED) is 0.647. The van der Waals surface area contributed by atoms with Gasteiger partial charge in [-0.1, -0.05) is 41.7 Å². The van der Waals surface area contributed by atoms with E-state index in [-0.39, 0.29) is 5.92 Å². The van der Waals surface area contributed by atoms with Crippen LogP contribution in [0.4, 0.5) is 5.13 Å². The number of aromatic nitrogens is 2. The second-order valence-electron chi connectivity index (χ2n) is 8.20. The molecule has 0 saturated carbocycles. The van der Waals surface area contributed by atoms with Gasteiger partial charge >= 0.3 is 0 Å². The number of piperidine rings is 1. The second kappa shape index (κ2) is 8.70. The average Bonchev–Trinajstić information content (AvgIpc) is 3.24. The summed E-state index contributed by atoms with van der Waals surface area (Å²) in [5.41, 5.74) is 2.28. The molecule has 5 rings (SSSR count). The van der Waals surface area contributed by atoms with Crippen LogP contribution in [0.15, 0.2) is 48.7 Å². The highest BCUT2D eigenvalue weighted by Gasteiger charge is 2.32. The maximum Gasteiger partial charge on any atom is 0.227 e. The van der Waals surface area contributed by atoms with Gasteiger partial charge in [-0.05, 0) is 30.5 Å². The Morgan fingerprint density at radius 1 is 1.03 bits per heavy atom. The summed E-state index contributed by atoms with van der Waals surface area (Å²) in [6.45, 7) is 6.24. The lowest BCUT2D eigenvalue weighted by Gasteiger charge is -2.39. The Hall–Kier alpha value is -2.51. The van der Waals surface area contributed by atoms with Crippen LogP contribution in [0.5, 0.6) is 0 Å². The molecule has 2 aromatic heterocycles. The topological polar surface area (TPSA) is 52.6 Å². The summed E-state index contributed by atoms with van der Waals surface area (Å²) in [4.78, 5) is 30.1. The zero-order valence-electron chi connectivity index (χ0n) is 17.1. The van der Waals surface area contributed by atoms with Gasteiger partial charge in [0.1, 0.15) is 10.3 Å². The van der Waals surface area contributed by atoms with Crippen LogP contribution in [0.25, 0.3) is 10.3 Å². The molecule has 4 heterocycles. The number of benzene rings is 1. The lowest BCUT2D eigenvalue weighted by atomic mass is 9.96. The number of rotatable bonds is 4. The molecule has 3 aromatic rings. The van der Waals surface area contributed by atoms with Crippen LogP contribution in [-0.2, 0) is 11.3 Å². The van der Waals surface area contributed by atoms with E-state index in [2.05, 4.69) is 50.0 Å². The van der Waals surface area contributed by atoms with Gasteiger partial charge in [0.25, 0.3) is 0 Å². The van der Waals surface area contributed by atoms with Gasteiger partial charge in [0.15, 0.2) is 5.13 Å². The number of thiazole rings is 1. The van der Waals surface area contributed by atoms with Crippen molar-refractivity contribution in [1.82, 2.24) is 19.8 Å². The van der Waals surface area contributed by atoms with Crippen molar-refractivity contribution < 1.29 is 4.79 Å². The number of amides is 1. The summed E-state index contributed by atoms with van der Waals surface area (Å²) >= 11 is 1.63. The Balaban J connectivity index is 1.18. The van der Waals surface area contributed by atoms with E-state index in [4.69, 9.17) is 4.98 Å². The van der Waals surface area contributed by atoms with Crippen molar-refractivity contribution in [3.05, 3.63) is 54.2 Å². The maximum atomic E-state index is 13.2. The first kappa shape index (κ1) is 19.5. The van der Waals surface area contributed by atoms with Gasteiger partial charge in [-0.25, -0.2) is 9.97 Å². The van der Waals surface area contributed by atoms with Gasteiger partial charge in [-0.15, -0.1) is 0 Å². The maximum absolute atomic E-state index is 13.2. The molecule has 1 amide bonds. The number of carbonyl (C=O) groups is 1. The minimum absolute atomic E-state index is 0.0689. The molecular weight excluding hydrogens is 394 g/mol. The van der Waals surface area contributed by atoms with E-state index in [1.54, 1.807) is 11.3 Å². The van der Waals surface area contributed by atoms with Gasteiger partial charge in [0.05, 0.1) is 5.92 Å². The lowest BCUT2D eigenvalue weighted by molar-refractivity contribution is -0.137. The van der Waals surface area contributed by atoms with Crippen LogP contribution >= 0.6 is 11.3 Å². The van der Waals surface area contributed by atoms with E-state index in [1.165, 1.54) is 5.56 Å². The van der Waals surface area contributed by atoms with Gasteiger partial charge in [-0.2, -0.15) is 0 Å². The number of carbonyl (C=O) groups excluding carboxylic acids is 1. The van der Waals surface area contributed by atoms with Gasteiger partial charge < -0.3 is 9.80 Å². The number of piperazine rings is 1. The Kier molecular flexibility index (Phi) is 5.64. The zero-order valence-corrected chi connectivity index (χ0v) is 17.9. The molecule has 1 unspecified atom stereocenters. The molecule has 2 aliphatic rings. The van der Waals surface area contributed by atoms with Crippen molar-refractivity contribution in [3.63, 3.8) is 0 Å². The molecule has 2 aliphatic heterocycles. The van der Waals surface area contributed by atoms with E-state index in [0.717, 1.165) is 74.1 Å². The Bertz CT molecular complexity index is 966. The van der Waals surface area contributed by atoms with E-state index in [9.17, 15) is 4.79 Å². The smallest absolute Gasteiger partial charge is 0.227 e. The first-order valence-electron chi connectivity index (χ1n) is 10.8. The number of hydrogen-bond donors (Lipinski definition) is 0. The molecule has 2 fully saturated rings. The minimum Gasteiger partial charge on any atom is -0.347 e. The number of hydrogen-bond acceptors (Lipinski definition) is 6. The predicted molar refractivity (Wildman–Crippen MR) is 121 cm³/mol. The van der Waals surface area contributed by atoms with E-state index in [0.29, 0.717) is 5.91 Å². The number of pyridine rings is 1. The van der Waals surface area contributed by atoms with Crippen molar-refractivity contribution in [2.75, 3.05) is 44.2 Å². The van der Waals surface area contributed by atoms with Crippen LogP contribution in [0, 0.1) is 5.92 Å². The number of fused-ring (bicyclic) bond motifs is 1. The van der Waals surface area contributed by atoms with E-state index >= 15 is 0 Å². The van der Waals surface area contributed by atoms with Crippen LogP contribution in [-0.4, -0.2) is 64.9 Å². The Morgan fingerprint density at radius 2 is 1.87 bits per heavy atom. The third-order valence-electron chi connectivity index (χ3n) is 6.13. The van der Waals surface area contributed by atoms with Crippen molar-refractivity contribution in [2.24, 2.45) is 5.92 Å². The van der Waals surface area contributed by atoms with Crippen molar-refractivity contribution in [3.8, 4) is 0 Å². The normalized spacial score (nSPS) is 20.6. The molecule has 0 N–H and O–H groups in total. The monoisotopic (exact) mass is 421 g/mol. The minimum atomic E-state index is 0.0689. The Morgan fingerprint density at radius 3 is 2.67 bits per heavy atom. The summed E-state index contributed by atoms with van der Waals surface area (Å²) < 4.78 is 0. The number of anilines is 1. The molecule has 0 aliphatic carbocycles. The molecule has 0 radical (unpaired) electrons. The van der Waals surface area contributed by atoms with E-state index in [1.807, 2.05) is 18.3 Å². The molecular formula is C23H27N5OS. The fourth-order valence-electron chi connectivity index (χ4n) is 4.47. The highest BCUT2D eigenvalue weighted by molar-refractivity contribution is 7.21. The van der Waals surface area contributed by atoms with Crippen molar-refractivity contribution in [2.45, 2.75) is 19.4 Å². The molecule has 156 valence electrons. The largest absolute Gasteiger partial charge is 0.347 e. The number of nitrogens with zero attached hydrogens (tertiary/aromatic N) is 5. The van der Waals surface area contributed by atoms with Crippen molar-refractivity contribution >= 4 is 32.7 Å². The molecule has 6 nitrogen and oxygen atoms in total. The van der Waals surface area contributed by atoms with Crippen LogP contribution < -0.4 is 4.90 Å². The van der Waals surface area contributed by atoms with Gasteiger partial charge in [0.2, 0.25) is 5.91 Å². The molecule has 0 spiro atoms. The van der Waals surface area contributed by atoms with Gasteiger partial charge in [0, 0.05) is 52.0 Å². The van der Waals surface area contributed by atoms with Crippen LogP contribution in [0.3, 0.4) is 0 Å². The molecule has 1 aromatic carbocycles. The first-order valence-corrected chi connectivity index (χ1v) is 11.6. The molecule has 7 heteroatoms. The molecule has 30 heavy (non-hydrogen) atoms. The Labute approximate surface area is 181 Å². The summed E-state index contributed by atoms with van der Waals surface area (Å²) in [7, 11) is 0. The third-order valence-corrected chi connectivity index (χ3v) is 7.17. The van der Waals surface area contributed by atoms with Crippen molar-refractivity contribution in [1.29, 1.82) is 0 Å². The van der Waals surface area contributed by atoms with Crippen LogP contribution in [0.1, 0.15) is 18.4 Å². The SMILES string of the molecule is O=C(C1CCCN(c2nc3cccnc3s2)C1)N1CCN(Cc2ccccc2)CC1. The average molecular weight is 422 g/mol. The molecule has 0 bridgehead atoms. The zero-order chi connectivity index (χ0) is 20.3. The fourth-order valence-corrected chi connectivity index (χ4v) is 5.42. The summed E-state index contributed by atoms with van der Waals surface area (Å²) in [5, 5.41) is 0.994. The highest BCUT2D eigenvalue weighted by atomic mass is 32.1. The first-order chi connectivity index (χ1) is 14.8. The third kappa shape index (κ3) is 4.18. The predicted octanol–water partition coefficient (Wildman–Crippen LogP) is 3.25. The molecule has 2 saturated heterocycles. The lowest BCUT2D eigenvalue weighted by Crippen LogP contribution is -2.52.